The molecule has 10 nitrogen and oxygen atoms in total. The van der Waals surface area contributed by atoms with E-state index < -0.39 is 14.9 Å². The van der Waals surface area contributed by atoms with E-state index in [1.54, 1.807) is 36.4 Å². The second kappa shape index (κ2) is 9.67. The molecule has 2 aromatic rings. The number of carbonyl (C=O) groups excluding carboxylic acids is 1. The third kappa shape index (κ3) is 5.25. The Kier molecular flexibility index (Phi) is 6.98. The van der Waals surface area contributed by atoms with E-state index in [0.717, 1.165) is 0 Å². The van der Waals surface area contributed by atoms with E-state index >= 15 is 0 Å². The molecule has 1 fully saturated rings. The van der Waals surface area contributed by atoms with E-state index in [4.69, 9.17) is 4.74 Å². The number of amides is 1. The van der Waals surface area contributed by atoms with Crippen molar-refractivity contribution >= 4 is 27.8 Å². The summed E-state index contributed by atoms with van der Waals surface area (Å²) in [6, 6.07) is 12.5. The third-order valence-electron chi connectivity index (χ3n) is 4.99. The van der Waals surface area contributed by atoms with Crippen molar-refractivity contribution in [3.05, 3.63) is 64.2 Å². The summed E-state index contributed by atoms with van der Waals surface area (Å²) in [6.45, 7) is 0.480. The highest BCUT2D eigenvalue weighted by Gasteiger charge is 2.31. The Labute approximate surface area is 179 Å². The van der Waals surface area contributed by atoms with E-state index in [9.17, 15) is 23.3 Å². The van der Waals surface area contributed by atoms with Gasteiger partial charge in [0, 0.05) is 30.6 Å². The number of sulfonamides is 1. The molecule has 0 saturated carbocycles. The number of hydrogen-bond acceptors (Lipinski definition) is 7. The normalized spacial score (nSPS) is 15.6. The lowest BCUT2D eigenvalue weighted by Gasteiger charge is -2.30. The van der Waals surface area contributed by atoms with Crippen LogP contribution in [0.15, 0.2) is 58.5 Å². The highest BCUT2D eigenvalue weighted by atomic mass is 32.2. The Morgan fingerprint density at radius 3 is 2.52 bits per heavy atom. The van der Waals surface area contributed by atoms with Crippen molar-refractivity contribution in [2.24, 2.45) is 11.0 Å². The summed E-state index contributed by atoms with van der Waals surface area (Å²) in [5.74, 6) is -0.566. The van der Waals surface area contributed by atoms with Crippen LogP contribution in [0, 0.1) is 16.0 Å². The van der Waals surface area contributed by atoms with Gasteiger partial charge in [-0.25, -0.2) is 13.8 Å². The summed E-state index contributed by atoms with van der Waals surface area (Å²) in [7, 11) is -2.23. The molecule has 2 aromatic carbocycles. The van der Waals surface area contributed by atoms with E-state index in [1.165, 1.54) is 29.8 Å². The average Bonchev–Trinajstić information content (AvgIpc) is 2.79. The molecule has 0 unspecified atom stereocenters. The molecule has 0 bridgehead atoms. The second-order valence-corrected chi connectivity index (χ2v) is 8.85. The van der Waals surface area contributed by atoms with Crippen molar-refractivity contribution in [2.75, 3.05) is 20.2 Å². The number of methoxy groups -OCH3 is 1. The first-order valence-electron chi connectivity index (χ1n) is 9.53. The number of nitro benzene ring substituents is 1. The molecule has 1 N–H and O–H groups in total. The van der Waals surface area contributed by atoms with Gasteiger partial charge in [0.2, 0.25) is 15.9 Å². The average molecular weight is 446 g/mol. The van der Waals surface area contributed by atoms with Gasteiger partial charge in [-0.05, 0) is 37.1 Å². The molecule has 3 rings (SSSR count). The highest BCUT2D eigenvalue weighted by molar-refractivity contribution is 7.89. The first-order valence-corrected chi connectivity index (χ1v) is 11.0. The van der Waals surface area contributed by atoms with Crippen molar-refractivity contribution < 1.29 is 22.9 Å². The van der Waals surface area contributed by atoms with Crippen molar-refractivity contribution in [3.63, 3.8) is 0 Å². The van der Waals surface area contributed by atoms with Gasteiger partial charge < -0.3 is 4.74 Å². The molecule has 11 heteroatoms. The van der Waals surface area contributed by atoms with Crippen LogP contribution < -0.4 is 10.2 Å². The van der Waals surface area contributed by atoms with Crippen LogP contribution in [0.3, 0.4) is 0 Å². The topological polar surface area (TPSA) is 131 Å². The minimum Gasteiger partial charge on any atom is -0.490 e. The van der Waals surface area contributed by atoms with Crippen molar-refractivity contribution in [2.45, 2.75) is 17.7 Å². The summed E-state index contributed by atoms with van der Waals surface area (Å²) in [4.78, 5) is 23.1. The molecule has 0 aromatic heterocycles. The first kappa shape index (κ1) is 22.4. The second-order valence-electron chi connectivity index (χ2n) is 6.91. The van der Waals surface area contributed by atoms with Gasteiger partial charge in [0.15, 0.2) is 5.75 Å². The third-order valence-corrected chi connectivity index (χ3v) is 6.91. The molecule has 1 aliphatic rings. The molecule has 31 heavy (non-hydrogen) atoms. The number of nitrogens with one attached hydrogen (secondary N) is 1. The summed E-state index contributed by atoms with van der Waals surface area (Å²) >= 11 is 0. The molecule has 1 amide bonds. The van der Waals surface area contributed by atoms with Gasteiger partial charge in [-0.15, -0.1) is 0 Å². The van der Waals surface area contributed by atoms with Gasteiger partial charge in [0.05, 0.1) is 23.1 Å². The Morgan fingerprint density at radius 1 is 1.23 bits per heavy atom. The minimum absolute atomic E-state index is 0.128. The Hall–Kier alpha value is -3.31. The van der Waals surface area contributed by atoms with Gasteiger partial charge >= 0.3 is 5.69 Å². The monoisotopic (exact) mass is 446 g/mol. The molecule has 1 aliphatic heterocycles. The molecule has 0 radical (unpaired) electrons. The molecular formula is C20H22N4O6S. The van der Waals surface area contributed by atoms with Crippen molar-refractivity contribution in [1.82, 2.24) is 9.73 Å². The summed E-state index contributed by atoms with van der Waals surface area (Å²) in [6.07, 6.45) is 2.06. The van der Waals surface area contributed by atoms with Gasteiger partial charge in [0.1, 0.15) is 0 Å². The maximum absolute atomic E-state index is 12.7. The lowest BCUT2D eigenvalue weighted by atomic mass is 9.98. The maximum atomic E-state index is 12.7. The fourth-order valence-electron chi connectivity index (χ4n) is 3.29. The van der Waals surface area contributed by atoms with Crippen LogP contribution in [-0.4, -0.2) is 50.0 Å². The fourth-order valence-corrected chi connectivity index (χ4v) is 4.78. The van der Waals surface area contributed by atoms with Crippen LogP contribution in [0.1, 0.15) is 18.4 Å². The number of nitro groups is 1. The highest BCUT2D eigenvalue weighted by Crippen LogP contribution is 2.27. The first-order chi connectivity index (χ1) is 14.8. The largest absolute Gasteiger partial charge is 0.490 e. The lowest BCUT2D eigenvalue weighted by molar-refractivity contribution is -0.385. The molecule has 164 valence electrons. The van der Waals surface area contributed by atoms with Crippen LogP contribution in [-0.2, 0) is 14.8 Å². The van der Waals surface area contributed by atoms with Crippen LogP contribution in [0.4, 0.5) is 5.69 Å². The molecule has 0 aliphatic carbocycles. The summed E-state index contributed by atoms with van der Waals surface area (Å²) in [5, 5.41) is 14.9. The maximum Gasteiger partial charge on any atom is 0.311 e. The minimum atomic E-state index is -3.57. The van der Waals surface area contributed by atoms with Crippen molar-refractivity contribution in [3.8, 4) is 5.75 Å². The fraction of sp³-hybridized carbons (Fsp3) is 0.300. The van der Waals surface area contributed by atoms with Gasteiger partial charge in [-0.1, -0.05) is 18.2 Å². The number of benzene rings is 2. The van der Waals surface area contributed by atoms with E-state index in [0.29, 0.717) is 18.4 Å². The number of nitrogens with zero attached hydrogens (tertiary/aromatic N) is 3. The standard InChI is InChI=1S/C20H22N4O6S/c1-30-19-8-7-15(13-18(19)24(26)27)14-21-22-20(25)16-9-11-23(12-10-16)31(28,29)17-5-3-2-4-6-17/h2-8,13-14,16H,9-12H2,1H3,(H,22,25)/b21-14-. The van der Waals surface area contributed by atoms with E-state index in [-0.39, 0.29) is 41.2 Å². The van der Waals surface area contributed by atoms with E-state index in [2.05, 4.69) is 10.5 Å². The number of rotatable bonds is 7. The van der Waals surface area contributed by atoms with E-state index in [1.807, 2.05) is 0 Å². The van der Waals surface area contributed by atoms with Crippen LogP contribution in [0.5, 0.6) is 5.75 Å². The van der Waals surface area contributed by atoms with Crippen molar-refractivity contribution in [1.29, 1.82) is 0 Å². The summed E-state index contributed by atoms with van der Waals surface area (Å²) < 4.78 is 31.6. The molecule has 1 heterocycles. The number of hydrazone groups is 1. The molecule has 1 saturated heterocycles. The zero-order valence-corrected chi connectivity index (χ0v) is 17.6. The Bertz CT molecular complexity index is 1080. The van der Waals surface area contributed by atoms with Gasteiger partial charge in [0.25, 0.3) is 0 Å². The molecule has 0 atom stereocenters. The van der Waals surface area contributed by atoms with Crippen LogP contribution in [0.25, 0.3) is 0 Å². The predicted molar refractivity (Wildman–Crippen MR) is 113 cm³/mol. The zero-order valence-electron chi connectivity index (χ0n) is 16.8. The number of carbonyl (C=O) groups is 1. The Balaban J connectivity index is 1.56. The smallest absolute Gasteiger partial charge is 0.311 e. The number of hydrogen-bond donors (Lipinski definition) is 1. The van der Waals surface area contributed by atoms with Gasteiger partial charge in [-0.3, -0.25) is 14.9 Å². The lowest BCUT2D eigenvalue weighted by Crippen LogP contribution is -2.42. The van der Waals surface area contributed by atoms with Gasteiger partial charge in [-0.2, -0.15) is 9.41 Å². The molecular weight excluding hydrogens is 424 g/mol. The van der Waals surface area contributed by atoms with Crippen LogP contribution >= 0.6 is 0 Å². The SMILES string of the molecule is COc1ccc(/C=N\NC(=O)C2CCN(S(=O)(=O)c3ccccc3)CC2)cc1[N+](=O)[O-]. The Morgan fingerprint density at radius 2 is 1.90 bits per heavy atom. The summed E-state index contributed by atoms with van der Waals surface area (Å²) in [5.41, 5.74) is 2.65. The quantitative estimate of drug-likeness (QED) is 0.394. The van der Waals surface area contributed by atoms with Crippen LogP contribution in [0.2, 0.25) is 0 Å². The zero-order chi connectivity index (χ0) is 22.4. The number of ether oxygens (including phenoxy) is 1. The number of piperidine rings is 1. The molecule has 0 spiro atoms. The predicted octanol–water partition coefficient (Wildman–Crippen LogP) is 2.15.